The number of hydrogen-bond acceptors (Lipinski definition) is 2. The third-order valence-electron chi connectivity index (χ3n) is 3.43. The van der Waals surface area contributed by atoms with Crippen molar-refractivity contribution >= 4 is 12.0 Å². The first-order chi connectivity index (χ1) is 9.15. The van der Waals surface area contributed by atoms with Crippen molar-refractivity contribution in [2.24, 2.45) is 5.92 Å². The van der Waals surface area contributed by atoms with Crippen LogP contribution in [0.25, 0.3) is 6.08 Å². The Morgan fingerprint density at radius 1 is 1.47 bits per heavy atom. The fourth-order valence-electron chi connectivity index (χ4n) is 2.33. The van der Waals surface area contributed by atoms with Crippen LogP contribution in [-0.2, 0) is 4.79 Å². The third-order valence-corrected chi connectivity index (χ3v) is 3.43. The summed E-state index contributed by atoms with van der Waals surface area (Å²) in [6, 6.07) is 6.05. The second kappa shape index (κ2) is 6.48. The molecule has 0 heterocycles. The summed E-state index contributed by atoms with van der Waals surface area (Å²) in [6.07, 6.45) is 5.45. The minimum atomic E-state index is -0.323. The largest absolute Gasteiger partial charge is 0.393 e. The molecule has 1 aliphatic rings. The van der Waals surface area contributed by atoms with Gasteiger partial charge in [0, 0.05) is 18.5 Å². The van der Waals surface area contributed by atoms with E-state index in [1.165, 1.54) is 18.2 Å². The molecule has 0 aromatic heterocycles. The number of carbonyl (C=O) groups is 1. The molecule has 2 atom stereocenters. The molecule has 1 aromatic carbocycles. The van der Waals surface area contributed by atoms with Gasteiger partial charge in [0.1, 0.15) is 5.82 Å². The number of amides is 1. The van der Waals surface area contributed by atoms with Crippen LogP contribution in [0.5, 0.6) is 0 Å². The monoisotopic (exact) mass is 263 g/mol. The lowest BCUT2D eigenvalue weighted by atomic mass is 10.1. The lowest BCUT2D eigenvalue weighted by Gasteiger charge is -2.13. The lowest BCUT2D eigenvalue weighted by Crippen LogP contribution is -2.31. The smallest absolute Gasteiger partial charge is 0.244 e. The van der Waals surface area contributed by atoms with Crippen molar-refractivity contribution in [2.75, 3.05) is 6.54 Å². The Kier molecular flexibility index (Phi) is 4.68. The van der Waals surface area contributed by atoms with Gasteiger partial charge in [-0.15, -0.1) is 0 Å². The Morgan fingerprint density at radius 3 is 3.00 bits per heavy atom. The molecule has 2 unspecified atom stereocenters. The fourth-order valence-corrected chi connectivity index (χ4v) is 2.33. The highest BCUT2D eigenvalue weighted by molar-refractivity contribution is 5.91. The van der Waals surface area contributed by atoms with Gasteiger partial charge >= 0.3 is 0 Å². The van der Waals surface area contributed by atoms with Crippen molar-refractivity contribution in [1.29, 1.82) is 0 Å². The average molecular weight is 263 g/mol. The number of aliphatic hydroxyl groups is 1. The Morgan fingerprint density at radius 2 is 2.32 bits per heavy atom. The molecule has 4 heteroatoms. The molecule has 102 valence electrons. The van der Waals surface area contributed by atoms with Crippen molar-refractivity contribution in [3.05, 3.63) is 41.7 Å². The number of aliphatic hydroxyl groups excluding tert-OH is 1. The van der Waals surface area contributed by atoms with Gasteiger partial charge < -0.3 is 10.4 Å². The van der Waals surface area contributed by atoms with Crippen LogP contribution in [-0.4, -0.2) is 23.7 Å². The molecule has 3 nitrogen and oxygen atoms in total. The maximum atomic E-state index is 12.9. The summed E-state index contributed by atoms with van der Waals surface area (Å²) in [5.74, 6) is -0.383. The molecule has 1 aliphatic carbocycles. The van der Waals surface area contributed by atoms with Crippen LogP contribution in [0, 0.1) is 11.7 Å². The summed E-state index contributed by atoms with van der Waals surface area (Å²) in [4.78, 5) is 11.6. The van der Waals surface area contributed by atoms with Crippen LogP contribution in [0.3, 0.4) is 0 Å². The molecule has 1 saturated carbocycles. The number of nitrogens with one attached hydrogen (secondary N) is 1. The Hall–Kier alpha value is -1.68. The topological polar surface area (TPSA) is 49.3 Å². The van der Waals surface area contributed by atoms with E-state index in [4.69, 9.17) is 0 Å². The number of carbonyl (C=O) groups excluding carboxylic acids is 1. The fraction of sp³-hybridized carbons (Fsp3) is 0.400. The molecular weight excluding hydrogens is 245 g/mol. The van der Waals surface area contributed by atoms with E-state index in [2.05, 4.69) is 5.32 Å². The van der Waals surface area contributed by atoms with E-state index in [9.17, 15) is 14.3 Å². The molecule has 1 amide bonds. The van der Waals surface area contributed by atoms with E-state index in [1.807, 2.05) is 0 Å². The highest BCUT2D eigenvalue weighted by Gasteiger charge is 2.24. The van der Waals surface area contributed by atoms with Crippen molar-refractivity contribution in [3.63, 3.8) is 0 Å². The average Bonchev–Trinajstić information content (AvgIpc) is 2.80. The molecule has 1 fully saturated rings. The van der Waals surface area contributed by atoms with Crippen LogP contribution in [0.1, 0.15) is 24.8 Å². The van der Waals surface area contributed by atoms with Crippen LogP contribution in [0.4, 0.5) is 4.39 Å². The minimum Gasteiger partial charge on any atom is -0.393 e. The summed E-state index contributed by atoms with van der Waals surface area (Å²) in [6.45, 7) is 0.494. The van der Waals surface area contributed by atoms with Crippen LogP contribution in [0.2, 0.25) is 0 Å². The zero-order valence-electron chi connectivity index (χ0n) is 10.7. The van der Waals surface area contributed by atoms with E-state index < -0.39 is 0 Å². The van der Waals surface area contributed by atoms with E-state index >= 15 is 0 Å². The summed E-state index contributed by atoms with van der Waals surface area (Å²) in [7, 11) is 0. The molecule has 0 aliphatic heterocycles. The van der Waals surface area contributed by atoms with Crippen LogP contribution >= 0.6 is 0 Å². The highest BCUT2D eigenvalue weighted by Crippen LogP contribution is 2.24. The first kappa shape index (κ1) is 13.7. The van der Waals surface area contributed by atoms with E-state index in [0.717, 1.165) is 19.3 Å². The molecule has 2 N–H and O–H groups in total. The molecule has 19 heavy (non-hydrogen) atoms. The molecule has 2 rings (SSSR count). The standard InChI is InChI=1S/C15H18FNO2/c16-13-5-1-3-11(9-13)7-8-15(19)17-10-12-4-2-6-14(12)18/h1,3,5,7-9,12,14,18H,2,4,6,10H2,(H,17,19). The van der Waals surface area contributed by atoms with Crippen molar-refractivity contribution in [1.82, 2.24) is 5.32 Å². The number of halogens is 1. The molecule has 0 bridgehead atoms. The second-order valence-corrected chi connectivity index (χ2v) is 4.89. The Balaban J connectivity index is 1.81. The molecular formula is C15H18FNO2. The number of benzene rings is 1. The van der Waals surface area contributed by atoms with E-state index in [0.29, 0.717) is 12.1 Å². The van der Waals surface area contributed by atoms with E-state index in [1.54, 1.807) is 18.2 Å². The summed E-state index contributed by atoms with van der Waals surface area (Å²) in [5, 5.41) is 12.4. The summed E-state index contributed by atoms with van der Waals surface area (Å²) < 4.78 is 12.9. The zero-order valence-corrected chi connectivity index (χ0v) is 10.7. The Labute approximate surface area is 112 Å². The predicted molar refractivity (Wildman–Crippen MR) is 71.8 cm³/mol. The summed E-state index contributed by atoms with van der Waals surface area (Å²) in [5.41, 5.74) is 0.649. The SMILES string of the molecule is O=C(C=Cc1cccc(F)c1)NCC1CCCC1O. The first-order valence-electron chi connectivity index (χ1n) is 6.54. The van der Waals surface area contributed by atoms with Gasteiger partial charge in [0.2, 0.25) is 5.91 Å². The van der Waals surface area contributed by atoms with Gasteiger partial charge in [0.15, 0.2) is 0 Å². The van der Waals surface area contributed by atoms with Crippen LogP contribution < -0.4 is 5.32 Å². The third kappa shape index (κ3) is 4.17. The molecule has 0 saturated heterocycles. The van der Waals surface area contributed by atoms with Gasteiger partial charge in [-0.25, -0.2) is 4.39 Å². The van der Waals surface area contributed by atoms with Crippen LogP contribution in [0.15, 0.2) is 30.3 Å². The van der Waals surface area contributed by atoms with Gasteiger partial charge in [-0.2, -0.15) is 0 Å². The van der Waals surface area contributed by atoms with Gasteiger partial charge in [0.05, 0.1) is 6.10 Å². The lowest BCUT2D eigenvalue weighted by molar-refractivity contribution is -0.116. The normalized spacial score (nSPS) is 22.8. The van der Waals surface area contributed by atoms with Gasteiger partial charge in [-0.05, 0) is 36.6 Å². The minimum absolute atomic E-state index is 0.159. The molecule has 0 spiro atoms. The van der Waals surface area contributed by atoms with Crippen molar-refractivity contribution in [2.45, 2.75) is 25.4 Å². The predicted octanol–water partition coefficient (Wildman–Crippen LogP) is 2.12. The van der Waals surface area contributed by atoms with E-state index in [-0.39, 0.29) is 23.7 Å². The molecule has 1 aromatic rings. The second-order valence-electron chi connectivity index (χ2n) is 4.89. The maximum Gasteiger partial charge on any atom is 0.244 e. The van der Waals surface area contributed by atoms with Gasteiger partial charge in [0.25, 0.3) is 0 Å². The van der Waals surface area contributed by atoms with Gasteiger partial charge in [-0.1, -0.05) is 18.6 Å². The maximum absolute atomic E-state index is 12.9. The highest BCUT2D eigenvalue weighted by atomic mass is 19.1. The van der Waals surface area contributed by atoms with Crippen molar-refractivity contribution < 1.29 is 14.3 Å². The zero-order chi connectivity index (χ0) is 13.7. The quantitative estimate of drug-likeness (QED) is 0.817. The molecule has 0 radical (unpaired) electrons. The van der Waals surface area contributed by atoms with Crippen molar-refractivity contribution in [3.8, 4) is 0 Å². The number of rotatable bonds is 4. The Bertz CT molecular complexity index is 473. The number of hydrogen-bond donors (Lipinski definition) is 2. The first-order valence-corrected chi connectivity index (χ1v) is 6.54. The van der Waals surface area contributed by atoms with Gasteiger partial charge in [-0.3, -0.25) is 4.79 Å². The summed E-state index contributed by atoms with van der Waals surface area (Å²) >= 11 is 0.